The molecule has 0 aromatic carbocycles. The lowest BCUT2D eigenvalue weighted by molar-refractivity contribution is 0.269. The molecule has 0 saturated heterocycles. The van der Waals surface area contributed by atoms with Crippen molar-refractivity contribution in [2.45, 2.75) is 20.3 Å². The largest absolute Gasteiger partial charge is 0.501 e. The van der Waals surface area contributed by atoms with Crippen LogP contribution in [0.1, 0.15) is 20.3 Å². The molecule has 0 heterocycles. The molecule has 0 aromatic rings. The molecule has 0 aliphatic heterocycles. The monoisotopic (exact) mass is 126 g/mol. The molecule has 0 unspecified atom stereocenters. The molecule has 0 rings (SSSR count). The highest BCUT2D eigenvalue weighted by molar-refractivity contribution is 4.98. The molecule has 1 nitrogen and oxygen atoms in total. The van der Waals surface area contributed by atoms with Gasteiger partial charge in [-0.15, -0.1) is 0 Å². The first-order valence-corrected chi connectivity index (χ1v) is 3.35. The molecule has 0 bridgehead atoms. The summed E-state index contributed by atoms with van der Waals surface area (Å²) in [5, 5.41) is 0. The van der Waals surface area contributed by atoms with Gasteiger partial charge in [0.15, 0.2) is 0 Å². The molecular weight excluding hydrogens is 112 g/mol. The van der Waals surface area contributed by atoms with Crippen molar-refractivity contribution in [3.63, 3.8) is 0 Å². The van der Waals surface area contributed by atoms with Gasteiger partial charge in [0.2, 0.25) is 0 Å². The third kappa shape index (κ3) is 7.28. The van der Waals surface area contributed by atoms with E-state index in [1.807, 2.05) is 19.1 Å². The molecule has 52 valence electrons. The van der Waals surface area contributed by atoms with Gasteiger partial charge < -0.3 is 4.74 Å². The minimum atomic E-state index is 0.746. The van der Waals surface area contributed by atoms with E-state index in [-0.39, 0.29) is 0 Å². The summed E-state index contributed by atoms with van der Waals surface area (Å²) in [6.45, 7) is 4.81. The fourth-order valence-corrected chi connectivity index (χ4v) is 0.412. The zero-order valence-corrected chi connectivity index (χ0v) is 6.13. The van der Waals surface area contributed by atoms with E-state index in [1.54, 1.807) is 6.26 Å². The summed E-state index contributed by atoms with van der Waals surface area (Å²) in [5.41, 5.74) is 0. The molecule has 1 heteroatoms. The summed E-state index contributed by atoms with van der Waals surface area (Å²) in [4.78, 5) is 0. The molecule has 0 aromatic heterocycles. The van der Waals surface area contributed by atoms with Gasteiger partial charge in [-0.25, -0.2) is 0 Å². The van der Waals surface area contributed by atoms with Crippen LogP contribution >= 0.6 is 0 Å². The second-order valence-corrected chi connectivity index (χ2v) is 1.62. The summed E-state index contributed by atoms with van der Waals surface area (Å²) in [7, 11) is 0. The normalized spacial score (nSPS) is 11.3. The predicted octanol–water partition coefficient (Wildman–Crippen LogP) is 2.50. The Morgan fingerprint density at radius 1 is 1.22 bits per heavy atom. The van der Waals surface area contributed by atoms with Gasteiger partial charge in [0.25, 0.3) is 0 Å². The average Bonchev–Trinajstić information content (AvgIpc) is 1.89. The Kier molecular flexibility index (Phi) is 6.70. The third-order valence-electron chi connectivity index (χ3n) is 0.824. The summed E-state index contributed by atoms with van der Waals surface area (Å²) in [6, 6.07) is 0. The number of ether oxygens (including phenoxy) is 1. The molecule has 0 amide bonds. The second-order valence-electron chi connectivity index (χ2n) is 1.62. The topological polar surface area (TPSA) is 9.23 Å². The maximum atomic E-state index is 4.95. The van der Waals surface area contributed by atoms with Crippen molar-refractivity contribution >= 4 is 0 Å². The lowest BCUT2D eigenvalue weighted by Crippen LogP contribution is -1.74. The van der Waals surface area contributed by atoms with Crippen molar-refractivity contribution < 1.29 is 4.74 Å². The molecule has 0 aliphatic rings. The molecule has 0 saturated carbocycles. The summed E-state index contributed by atoms with van der Waals surface area (Å²) >= 11 is 0. The zero-order chi connectivity index (χ0) is 6.95. The van der Waals surface area contributed by atoms with Gasteiger partial charge in [-0.2, -0.15) is 0 Å². The van der Waals surface area contributed by atoms with Crippen LogP contribution in [0.3, 0.4) is 0 Å². The average molecular weight is 126 g/mol. The van der Waals surface area contributed by atoms with E-state index < -0.39 is 0 Å². The first-order chi connectivity index (χ1) is 4.41. The Balaban J connectivity index is 3.13. The minimum absolute atomic E-state index is 0.746. The van der Waals surface area contributed by atoms with E-state index >= 15 is 0 Å². The van der Waals surface area contributed by atoms with E-state index in [4.69, 9.17) is 4.74 Å². The maximum Gasteiger partial charge on any atom is 0.0845 e. The van der Waals surface area contributed by atoms with Gasteiger partial charge in [0.1, 0.15) is 0 Å². The van der Waals surface area contributed by atoms with Crippen LogP contribution in [0.5, 0.6) is 0 Å². The zero-order valence-electron chi connectivity index (χ0n) is 6.13. The van der Waals surface area contributed by atoms with Gasteiger partial charge in [-0.1, -0.05) is 19.1 Å². The third-order valence-corrected chi connectivity index (χ3v) is 0.824. The van der Waals surface area contributed by atoms with Crippen LogP contribution in [0.2, 0.25) is 0 Å². The lowest BCUT2D eigenvalue weighted by atomic mass is 10.4. The van der Waals surface area contributed by atoms with E-state index in [1.165, 1.54) is 0 Å². The first-order valence-electron chi connectivity index (χ1n) is 3.35. The number of hydrogen-bond donors (Lipinski definition) is 0. The highest BCUT2D eigenvalue weighted by Crippen LogP contribution is 1.82. The molecule has 0 N–H and O–H groups in total. The Morgan fingerprint density at radius 2 is 2.00 bits per heavy atom. The van der Waals surface area contributed by atoms with Gasteiger partial charge in [0, 0.05) is 0 Å². The van der Waals surface area contributed by atoms with Crippen LogP contribution in [-0.2, 0) is 4.74 Å². The molecule has 0 spiro atoms. The molecule has 0 fully saturated rings. The lowest BCUT2D eigenvalue weighted by Gasteiger charge is -1.87. The number of hydrogen-bond acceptors (Lipinski definition) is 1. The van der Waals surface area contributed by atoms with Crippen LogP contribution in [0.15, 0.2) is 24.5 Å². The smallest absolute Gasteiger partial charge is 0.0845 e. The predicted molar refractivity (Wildman–Crippen MR) is 40.2 cm³/mol. The molecular formula is C8H14O. The summed E-state index contributed by atoms with van der Waals surface area (Å²) in [5.74, 6) is 0. The fraction of sp³-hybridized carbons (Fsp3) is 0.500. The number of allylic oxidation sites excluding steroid dienone is 3. The van der Waals surface area contributed by atoms with Crippen molar-refractivity contribution in [2.24, 2.45) is 0 Å². The van der Waals surface area contributed by atoms with Crippen molar-refractivity contribution in [3.8, 4) is 0 Å². The fourth-order valence-electron chi connectivity index (χ4n) is 0.412. The molecule has 0 aliphatic carbocycles. The highest BCUT2D eigenvalue weighted by Gasteiger charge is 1.65. The SMILES string of the molecule is CC/C=C/C=C/OCC. The van der Waals surface area contributed by atoms with Crippen molar-refractivity contribution in [1.82, 2.24) is 0 Å². The van der Waals surface area contributed by atoms with Gasteiger partial charge in [-0.3, -0.25) is 0 Å². The van der Waals surface area contributed by atoms with E-state index in [0.717, 1.165) is 13.0 Å². The summed E-state index contributed by atoms with van der Waals surface area (Å²) < 4.78 is 4.95. The highest BCUT2D eigenvalue weighted by atomic mass is 16.5. The van der Waals surface area contributed by atoms with Crippen LogP contribution in [0.25, 0.3) is 0 Å². The second kappa shape index (κ2) is 7.28. The van der Waals surface area contributed by atoms with E-state index in [0.29, 0.717) is 0 Å². The van der Waals surface area contributed by atoms with E-state index in [2.05, 4.69) is 13.0 Å². The quantitative estimate of drug-likeness (QED) is 0.415. The number of rotatable bonds is 4. The van der Waals surface area contributed by atoms with Crippen molar-refractivity contribution in [3.05, 3.63) is 24.5 Å². The Bertz CT molecular complexity index is 92.7. The molecule has 0 atom stereocenters. The maximum absolute atomic E-state index is 4.95. The molecule has 0 radical (unpaired) electrons. The van der Waals surface area contributed by atoms with E-state index in [9.17, 15) is 0 Å². The van der Waals surface area contributed by atoms with Crippen LogP contribution in [-0.4, -0.2) is 6.61 Å². The molecule has 9 heavy (non-hydrogen) atoms. The van der Waals surface area contributed by atoms with Gasteiger partial charge in [0.05, 0.1) is 12.9 Å². The van der Waals surface area contributed by atoms with Crippen molar-refractivity contribution in [2.75, 3.05) is 6.61 Å². The van der Waals surface area contributed by atoms with Crippen LogP contribution in [0, 0.1) is 0 Å². The summed E-state index contributed by atoms with van der Waals surface area (Å²) in [6.07, 6.45) is 8.74. The van der Waals surface area contributed by atoms with Gasteiger partial charge in [-0.05, 0) is 19.4 Å². The Labute approximate surface area is 57.0 Å². The Morgan fingerprint density at radius 3 is 2.56 bits per heavy atom. The Hall–Kier alpha value is -0.720. The minimum Gasteiger partial charge on any atom is -0.501 e. The standard InChI is InChI=1S/C8H14O/c1-3-5-6-7-8-9-4-2/h5-8H,3-4H2,1-2H3/b6-5+,8-7+. The van der Waals surface area contributed by atoms with Gasteiger partial charge >= 0.3 is 0 Å². The van der Waals surface area contributed by atoms with Crippen molar-refractivity contribution in [1.29, 1.82) is 0 Å². The van der Waals surface area contributed by atoms with Crippen LogP contribution < -0.4 is 0 Å². The van der Waals surface area contributed by atoms with Crippen LogP contribution in [0.4, 0.5) is 0 Å². The first kappa shape index (κ1) is 8.28.